The minimum absolute atomic E-state index is 0.0170. The van der Waals surface area contributed by atoms with Gasteiger partial charge in [-0.3, -0.25) is 9.59 Å². The molecule has 1 aromatic carbocycles. The quantitative estimate of drug-likeness (QED) is 0.428. The Labute approximate surface area is 216 Å². The highest BCUT2D eigenvalue weighted by atomic mass is 35.5. The maximum atomic E-state index is 13.8. The number of benzene rings is 1. The molecule has 6 nitrogen and oxygen atoms in total. The standard InChI is InChI=1S/C25H34Cl2N4O2S/c1-4-12-31(14-22-29-21(15-34-22)18-10-11-19(26)20(27)13-18)25(33)23(17-8-6-5-7-9-17)30-24(32)16(2)28-3/h10-11,13,15-17,23,28H,4-9,12,14H2,1-3H3,(H,30,32)/t16-,23?/m0/s1. The molecule has 1 aliphatic carbocycles. The molecule has 1 aliphatic rings. The van der Waals surface area contributed by atoms with E-state index in [0.717, 1.165) is 48.4 Å². The van der Waals surface area contributed by atoms with E-state index in [9.17, 15) is 9.59 Å². The van der Waals surface area contributed by atoms with Crippen LogP contribution < -0.4 is 10.6 Å². The normalized spacial score (nSPS) is 16.1. The number of rotatable bonds is 10. The molecule has 0 spiro atoms. The van der Waals surface area contributed by atoms with Crippen LogP contribution in [0.2, 0.25) is 10.0 Å². The van der Waals surface area contributed by atoms with Crippen molar-refractivity contribution in [2.45, 2.75) is 71.0 Å². The first kappa shape index (κ1) is 26.9. The molecule has 0 aliphatic heterocycles. The average Bonchev–Trinajstić information content (AvgIpc) is 3.32. The van der Waals surface area contributed by atoms with Crippen molar-refractivity contribution in [3.05, 3.63) is 38.6 Å². The van der Waals surface area contributed by atoms with Crippen molar-refractivity contribution < 1.29 is 9.59 Å². The van der Waals surface area contributed by atoms with Gasteiger partial charge >= 0.3 is 0 Å². The van der Waals surface area contributed by atoms with Crippen molar-refractivity contribution in [1.29, 1.82) is 0 Å². The lowest BCUT2D eigenvalue weighted by Crippen LogP contribution is -2.55. The van der Waals surface area contributed by atoms with Crippen LogP contribution in [-0.4, -0.2) is 47.4 Å². The van der Waals surface area contributed by atoms with Crippen molar-refractivity contribution in [3.63, 3.8) is 0 Å². The molecule has 2 atom stereocenters. The average molecular weight is 526 g/mol. The molecule has 0 saturated heterocycles. The van der Waals surface area contributed by atoms with Crippen LogP contribution in [0, 0.1) is 5.92 Å². The molecule has 1 fully saturated rings. The smallest absolute Gasteiger partial charge is 0.245 e. The summed E-state index contributed by atoms with van der Waals surface area (Å²) in [5, 5.41) is 9.84. The lowest BCUT2D eigenvalue weighted by molar-refractivity contribution is -0.139. The zero-order valence-corrected chi connectivity index (χ0v) is 22.4. The summed E-state index contributed by atoms with van der Waals surface area (Å²) in [4.78, 5) is 33.1. The summed E-state index contributed by atoms with van der Waals surface area (Å²) in [5.74, 6) is 0.00684. The number of nitrogens with zero attached hydrogens (tertiary/aromatic N) is 2. The Hall–Kier alpha value is -1.67. The Morgan fingerprint density at radius 3 is 2.59 bits per heavy atom. The monoisotopic (exact) mass is 524 g/mol. The Morgan fingerprint density at radius 1 is 1.21 bits per heavy atom. The number of halogens is 2. The number of aromatic nitrogens is 1. The fourth-order valence-electron chi connectivity index (χ4n) is 4.33. The van der Waals surface area contributed by atoms with Crippen molar-refractivity contribution in [1.82, 2.24) is 20.5 Å². The van der Waals surface area contributed by atoms with Crippen molar-refractivity contribution in [2.24, 2.45) is 5.92 Å². The summed E-state index contributed by atoms with van der Waals surface area (Å²) in [6, 6.07) is 4.58. The minimum atomic E-state index is -0.510. The Bertz CT molecular complexity index is 978. The highest BCUT2D eigenvalue weighted by molar-refractivity contribution is 7.09. The molecular formula is C25H34Cl2N4O2S. The molecule has 0 radical (unpaired) electrons. The van der Waals surface area contributed by atoms with Gasteiger partial charge in [-0.25, -0.2) is 4.98 Å². The van der Waals surface area contributed by atoms with E-state index in [0.29, 0.717) is 23.1 Å². The third-order valence-corrected chi connectivity index (χ3v) is 7.98. The van der Waals surface area contributed by atoms with E-state index < -0.39 is 6.04 Å². The number of amides is 2. The van der Waals surface area contributed by atoms with Gasteiger partial charge in [0.15, 0.2) is 0 Å². The summed E-state index contributed by atoms with van der Waals surface area (Å²) < 4.78 is 0. The Kier molecular flexibility index (Phi) is 10.2. The summed E-state index contributed by atoms with van der Waals surface area (Å²) in [6.07, 6.45) is 6.13. The number of hydrogen-bond acceptors (Lipinski definition) is 5. The van der Waals surface area contributed by atoms with Crippen LogP contribution in [0.4, 0.5) is 0 Å². The number of likely N-dealkylation sites (N-methyl/N-ethyl adjacent to an activating group) is 1. The van der Waals surface area contributed by atoms with Crippen LogP contribution in [0.25, 0.3) is 11.3 Å². The first-order chi connectivity index (χ1) is 16.3. The molecule has 186 valence electrons. The SMILES string of the molecule is CCCN(Cc1nc(-c2ccc(Cl)c(Cl)c2)cs1)C(=O)C(NC(=O)[C@H](C)NC)C1CCCCC1. The zero-order valence-electron chi connectivity index (χ0n) is 20.1. The van der Waals surface area contributed by atoms with Gasteiger partial charge in [0.1, 0.15) is 11.0 Å². The van der Waals surface area contributed by atoms with E-state index in [1.807, 2.05) is 23.3 Å². The fraction of sp³-hybridized carbons (Fsp3) is 0.560. The summed E-state index contributed by atoms with van der Waals surface area (Å²) in [6.45, 7) is 4.89. The molecule has 9 heteroatoms. The van der Waals surface area contributed by atoms with Crippen molar-refractivity contribution in [3.8, 4) is 11.3 Å². The number of carbonyl (C=O) groups excluding carboxylic acids is 2. The highest BCUT2D eigenvalue weighted by Crippen LogP contribution is 2.31. The third-order valence-electron chi connectivity index (χ3n) is 6.41. The predicted molar refractivity (Wildman–Crippen MR) is 140 cm³/mol. The van der Waals surface area contributed by atoms with E-state index in [4.69, 9.17) is 28.2 Å². The van der Waals surface area contributed by atoms with Gasteiger partial charge in [-0.2, -0.15) is 0 Å². The Morgan fingerprint density at radius 2 is 1.94 bits per heavy atom. The minimum Gasteiger partial charge on any atom is -0.343 e. The molecule has 1 unspecified atom stereocenters. The second-order valence-electron chi connectivity index (χ2n) is 8.91. The van der Waals surface area contributed by atoms with Gasteiger partial charge in [-0.1, -0.05) is 55.5 Å². The maximum Gasteiger partial charge on any atom is 0.245 e. The lowest BCUT2D eigenvalue weighted by atomic mass is 9.83. The van der Waals surface area contributed by atoms with Gasteiger partial charge in [0.2, 0.25) is 11.8 Å². The third kappa shape index (κ3) is 6.94. The van der Waals surface area contributed by atoms with E-state index in [1.54, 1.807) is 19.2 Å². The van der Waals surface area contributed by atoms with Gasteiger partial charge < -0.3 is 15.5 Å². The molecule has 0 bridgehead atoms. The van der Waals surface area contributed by atoms with Crippen LogP contribution in [0.3, 0.4) is 0 Å². The number of nitrogens with one attached hydrogen (secondary N) is 2. The fourth-order valence-corrected chi connectivity index (χ4v) is 5.44. The van der Waals surface area contributed by atoms with Gasteiger partial charge in [-0.15, -0.1) is 11.3 Å². The van der Waals surface area contributed by atoms with Crippen LogP contribution >= 0.6 is 34.5 Å². The van der Waals surface area contributed by atoms with Gasteiger partial charge in [0, 0.05) is 17.5 Å². The van der Waals surface area contributed by atoms with Gasteiger partial charge in [0.25, 0.3) is 0 Å². The zero-order chi connectivity index (χ0) is 24.7. The molecule has 34 heavy (non-hydrogen) atoms. The second kappa shape index (κ2) is 12.9. The molecular weight excluding hydrogens is 491 g/mol. The van der Waals surface area contributed by atoms with Crippen LogP contribution in [0.1, 0.15) is 57.4 Å². The first-order valence-corrected chi connectivity index (χ1v) is 13.6. The van der Waals surface area contributed by atoms with E-state index in [1.165, 1.54) is 17.8 Å². The summed E-state index contributed by atoms with van der Waals surface area (Å²) in [7, 11) is 1.75. The van der Waals surface area contributed by atoms with Gasteiger partial charge in [-0.05, 0) is 51.3 Å². The maximum absolute atomic E-state index is 13.8. The lowest BCUT2D eigenvalue weighted by Gasteiger charge is -2.34. The molecule has 1 aromatic heterocycles. The molecule has 2 N–H and O–H groups in total. The summed E-state index contributed by atoms with van der Waals surface area (Å²) in [5.41, 5.74) is 1.70. The topological polar surface area (TPSA) is 74.3 Å². The predicted octanol–water partition coefficient (Wildman–Crippen LogP) is 5.53. The number of carbonyl (C=O) groups is 2. The number of hydrogen-bond donors (Lipinski definition) is 2. The highest BCUT2D eigenvalue weighted by Gasteiger charge is 2.34. The molecule has 3 rings (SSSR count). The molecule has 1 saturated carbocycles. The molecule has 2 amide bonds. The Balaban J connectivity index is 1.79. The van der Waals surface area contributed by atoms with Crippen LogP contribution in [-0.2, 0) is 16.1 Å². The largest absolute Gasteiger partial charge is 0.343 e. The van der Waals surface area contributed by atoms with Crippen molar-refractivity contribution in [2.75, 3.05) is 13.6 Å². The van der Waals surface area contributed by atoms with Crippen molar-refractivity contribution >= 4 is 46.4 Å². The van der Waals surface area contributed by atoms with E-state index in [-0.39, 0.29) is 23.8 Å². The van der Waals surface area contributed by atoms with Crippen LogP contribution in [0.15, 0.2) is 23.6 Å². The molecule has 1 heterocycles. The van der Waals surface area contributed by atoms with E-state index >= 15 is 0 Å². The first-order valence-electron chi connectivity index (χ1n) is 12.0. The van der Waals surface area contributed by atoms with Crippen LogP contribution in [0.5, 0.6) is 0 Å². The van der Waals surface area contributed by atoms with E-state index in [2.05, 4.69) is 17.6 Å². The summed E-state index contributed by atoms with van der Waals surface area (Å²) >= 11 is 13.7. The second-order valence-corrected chi connectivity index (χ2v) is 10.7. The molecule has 2 aromatic rings. The number of thiazole rings is 1. The van der Waals surface area contributed by atoms with Gasteiger partial charge in [0.05, 0.1) is 28.3 Å².